The fourth-order valence-corrected chi connectivity index (χ4v) is 1.98. The highest BCUT2D eigenvalue weighted by molar-refractivity contribution is 5.99. The number of nitrogens with zero attached hydrogens (tertiary/aromatic N) is 1. The quantitative estimate of drug-likeness (QED) is 0.670. The van der Waals surface area contributed by atoms with E-state index in [9.17, 15) is 19.7 Å². The van der Waals surface area contributed by atoms with Gasteiger partial charge in [-0.1, -0.05) is 12.1 Å². The third-order valence-electron chi connectivity index (χ3n) is 3.48. The Hall–Kier alpha value is -3.22. The summed E-state index contributed by atoms with van der Waals surface area (Å²) in [4.78, 5) is 34.0. The number of rotatable bonds is 3. The summed E-state index contributed by atoms with van der Waals surface area (Å²) in [5, 5.41) is 10.6. The molecule has 0 spiro atoms. The summed E-state index contributed by atoms with van der Waals surface area (Å²) in [6.07, 6.45) is 0. The molecule has 0 fully saturated rings. The molecule has 2 aromatic rings. The highest BCUT2D eigenvalue weighted by Gasteiger charge is 2.13. The number of nitro groups is 1. The van der Waals surface area contributed by atoms with Crippen LogP contribution < -0.4 is 10.9 Å². The van der Waals surface area contributed by atoms with Crippen LogP contribution in [0.15, 0.2) is 42.5 Å². The second-order valence-corrected chi connectivity index (χ2v) is 4.96. The smallest absolute Gasteiger partial charge is 0.267 e. The van der Waals surface area contributed by atoms with Gasteiger partial charge in [-0.3, -0.25) is 30.6 Å². The molecule has 0 aromatic heterocycles. The maximum absolute atomic E-state index is 12.1. The molecule has 0 atom stereocenters. The van der Waals surface area contributed by atoms with E-state index in [1.165, 1.54) is 24.3 Å². The number of non-ortho nitro benzene ring substituents is 1. The third-order valence-corrected chi connectivity index (χ3v) is 3.48. The molecule has 0 aliphatic heterocycles. The molecule has 2 aromatic carbocycles. The molecule has 2 N–H and O–H groups in total. The standard InChI is InChI=1S/C16H15N3O4/c1-10-4-3-5-14(11(10)2)16(21)18-17-15(20)12-6-8-13(9-7-12)19(22)23/h3-9H,1-2H3,(H,17,20)(H,18,21). The summed E-state index contributed by atoms with van der Waals surface area (Å²) < 4.78 is 0. The first kappa shape index (κ1) is 16.2. The minimum absolute atomic E-state index is 0.110. The monoisotopic (exact) mass is 313 g/mol. The molecule has 0 bridgehead atoms. The Morgan fingerprint density at radius 3 is 2.17 bits per heavy atom. The lowest BCUT2D eigenvalue weighted by Crippen LogP contribution is -2.41. The van der Waals surface area contributed by atoms with Crippen molar-refractivity contribution in [2.24, 2.45) is 0 Å². The predicted molar refractivity (Wildman–Crippen MR) is 83.9 cm³/mol. The minimum atomic E-state index is -0.557. The molecule has 2 rings (SSSR count). The Labute approximate surface area is 132 Å². The van der Waals surface area contributed by atoms with Crippen molar-refractivity contribution in [1.29, 1.82) is 0 Å². The molecule has 23 heavy (non-hydrogen) atoms. The van der Waals surface area contributed by atoms with Gasteiger partial charge in [-0.15, -0.1) is 0 Å². The van der Waals surface area contributed by atoms with E-state index in [-0.39, 0.29) is 11.3 Å². The fourth-order valence-electron chi connectivity index (χ4n) is 1.98. The van der Waals surface area contributed by atoms with Gasteiger partial charge in [-0.05, 0) is 43.2 Å². The molecular weight excluding hydrogens is 298 g/mol. The molecule has 0 saturated heterocycles. The molecule has 7 nitrogen and oxygen atoms in total. The van der Waals surface area contributed by atoms with Gasteiger partial charge in [-0.25, -0.2) is 0 Å². The molecular formula is C16H15N3O4. The van der Waals surface area contributed by atoms with Gasteiger partial charge in [-0.2, -0.15) is 0 Å². The molecule has 118 valence electrons. The molecule has 0 aliphatic carbocycles. The first-order valence-corrected chi connectivity index (χ1v) is 6.81. The average Bonchev–Trinajstić information content (AvgIpc) is 2.55. The van der Waals surface area contributed by atoms with Gasteiger partial charge in [0.25, 0.3) is 17.5 Å². The van der Waals surface area contributed by atoms with Crippen LogP contribution in [0.25, 0.3) is 0 Å². The number of hydrogen-bond acceptors (Lipinski definition) is 4. The fraction of sp³-hybridized carbons (Fsp3) is 0.125. The van der Waals surface area contributed by atoms with Gasteiger partial charge in [0, 0.05) is 23.3 Å². The van der Waals surface area contributed by atoms with Crippen molar-refractivity contribution < 1.29 is 14.5 Å². The molecule has 2 amide bonds. The first-order chi connectivity index (χ1) is 10.9. The van der Waals surface area contributed by atoms with E-state index >= 15 is 0 Å². The summed E-state index contributed by atoms with van der Waals surface area (Å²) in [7, 11) is 0. The van der Waals surface area contributed by atoms with Crippen LogP contribution in [0.1, 0.15) is 31.8 Å². The number of hydrogen-bond donors (Lipinski definition) is 2. The van der Waals surface area contributed by atoms with Crippen LogP contribution in [-0.4, -0.2) is 16.7 Å². The van der Waals surface area contributed by atoms with Crippen molar-refractivity contribution in [2.75, 3.05) is 0 Å². The number of nitrogens with one attached hydrogen (secondary N) is 2. The van der Waals surface area contributed by atoms with Crippen LogP contribution in [0.4, 0.5) is 5.69 Å². The first-order valence-electron chi connectivity index (χ1n) is 6.81. The van der Waals surface area contributed by atoms with Gasteiger partial charge in [0.05, 0.1) is 4.92 Å². The van der Waals surface area contributed by atoms with Gasteiger partial charge in [0.2, 0.25) is 0 Å². The van der Waals surface area contributed by atoms with E-state index in [0.717, 1.165) is 11.1 Å². The second-order valence-electron chi connectivity index (χ2n) is 4.96. The summed E-state index contributed by atoms with van der Waals surface area (Å²) in [6, 6.07) is 10.4. The van der Waals surface area contributed by atoms with E-state index in [0.29, 0.717) is 5.56 Å². The highest BCUT2D eigenvalue weighted by atomic mass is 16.6. The number of nitro benzene ring substituents is 1. The van der Waals surface area contributed by atoms with Crippen LogP contribution in [0.3, 0.4) is 0 Å². The van der Waals surface area contributed by atoms with Crippen LogP contribution in [0.2, 0.25) is 0 Å². The van der Waals surface area contributed by atoms with Gasteiger partial charge in [0.1, 0.15) is 0 Å². The summed E-state index contributed by atoms with van der Waals surface area (Å²) >= 11 is 0. The molecule has 0 radical (unpaired) electrons. The number of amides is 2. The van der Waals surface area contributed by atoms with E-state index in [4.69, 9.17) is 0 Å². The van der Waals surface area contributed by atoms with Crippen LogP contribution in [0.5, 0.6) is 0 Å². The number of carbonyl (C=O) groups is 2. The zero-order chi connectivity index (χ0) is 17.0. The molecule has 0 aliphatic rings. The van der Waals surface area contributed by atoms with Crippen molar-refractivity contribution >= 4 is 17.5 Å². The number of carbonyl (C=O) groups excluding carboxylic acids is 2. The number of hydrazine groups is 1. The lowest BCUT2D eigenvalue weighted by Gasteiger charge is -2.10. The largest absolute Gasteiger partial charge is 0.269 e. The lowest BCUT2D eigenvalue weighted by molar-refractivity contribution is -0.384. The van der Waals surface area contributed by atoms with Gasteiger partial charge >= 0.3 is 0 Å². The predicted octanol–water partition coefficient (Wildman–Crippen LogP) is 2.29. The van der Waals surface area contributed by atoms with Crippen molar-refractivity contribution in [3.8, 4) is 0 Å². The summed E-state index contributed by atoms with van der Waals surface area (Å²) in [6.45, 7) is 3.71. The topological polar surface area (TPSA) is 101 Å². The SMILES string of the molecule is Cc1cccc(C(=O)NNC(=O)c2ccc([N+](=O)[O-])cc2)c1C. The minimum Gasteiger partial charge on any atom is -0.267 e. The van der Waals surface area contributed by atoms with E-state index in [1.54, 1.807) is 12.1 Å². The van der Waals surface area contributed by atoms with Crippen molar-refractivity contribution in [3.63, 3.8) is 0 Å². The Morgan fingerprint density at radius 1 is 0.957 bits per heavy atom. The maximum Gasteiger partial charge on any atom is 0.269 e. The Morgan fingerprint density at radius 2 is 1.57 bits per heavy atom. The third kappa shape index (κ3) is 3.70. The average molecular weight is 313 g/mol. The second kappa shape index (κ2) is 6.69. The van der Waals surface area contributed by atoms with Crippen molar-refractivity contribution in [1.82, 2.24) is 10.9 Å². The zero-order valence-electron chi connectivity index (χ0n) is 12.6. The zero-order valence-corrected chi connectivity index (χ0v) is 12.6. The van der Waals surface area contributed by atoms with E-state index < -0.39 is 16.7 Å². The molecule has 0 saturated carbocycles. The van der Waals surface area contributed by atoms with Crippen molar-refractivity contribution in [3.05, 3.63) is 74.8 Å². The Kier molecular flexibility index (Phi) is 4.70. The Balaban J connectivity index is 2.02. The molecule has 7 heteroatoms. The number of benzene rings is 2. The van der Waals surface area contributed by atoms with E-state index in [1.807, 2.05) is 19.9 Å². The van der Waals surface area contributed by atoms with Crippen LogP contribution in [-0.2, 0) is 0 Å². The lowest BCUT2D eigenvalue weighted by atomic mass is 10.0. The maximum atomic E-state index is 12.1. The normalized spacial score (nSPS) is 10.0. The van der Waals surface area contributed by atoms with Gasteiger partial charge in [0.15, 0.2) is 0 Å². The summed E-state index contributed by atoms with van der Waals surface area (Å²) in [5.41, 5.74) is 6.98. The summed E-state index contributed by atoms with van der Waals surface area (Å²) in [5.74, 6) is -0.986. The highest BCUT2D eigenvalue weighted by Crippen LogP contribution is 2.13. The molecule has 0 heterocycles. The van der Waals surface area contributed by atoms with Crippen LogP contribution >= 0.6 is 0 Å². The molecule has 0 unspecified atom stereocenters. The van der Waals surface area contributed by atoms with Crippen molar-refractivity contribution in [2.45, 2.75) is 13.8 Å². The Bertz CT molecular complexity index is 769. The van der Waals surface area contributed by atoms with Gasteiger partial charge < -0.3 is 0 Å². The number of aryl methyl sites for hydroxylation is 1. The van der Waals surface area contributed by atoms with E-state index in [2.05, 4.69) is 10.9 Å². The van der Waals surface area contributed by atoms with Crippen LogP contribution in [0, 0.1) is 24.0 Å².